The second-order valence-corrected chi connectivity index (χ2v) is 9.60. The lowest BCUT2D eigenvalue weighted by molar-refractivity contribution is -0.141. The fourth-order valence-corrected chi connectivity index (χ4v) is 4.42. The third-order valence-corrected chi connectivity index (χ3v) is 6.65. The summed E-state index contributed by atoms with van der Waals surface area (Å²) in [6, 6.07) is 21.3. The van der Waals surface area contributed by atoms with Crippen molar-refractivity contribution in [2.75, 3.05) is 19.0 Å². The van der Waals surface area contributed by atoms with Crippen molar-refractivity contribution in [3.63, 3.8) is 0 Å². The molecule has 1 heterocycles. The molecule has 1 amide bonds. The lowest BCUT2D eigenvalue weighted by Crippen LogP contribution is -2.25. The quantitative estimate of drug-likeness (QED) is 0.227. The third-order valence-electron chi connectivity index (χ3n) is 6.65. The highest BCUT2D eigenvalue weighted by Gasteiger charge is 2.36. The van der Waals surface area contributed by atoms with Crippen LogP contribution in [0.3, 0.4) is 0 Å². The van der Waals surface area contributed by atoms with Gasteiger partial charge in [-0.2, -0.15) is 18.3 Å². The lowest BCUT2D eigenvalue weighted by atomic mass is 9.97. The number of amides is 1. The molecule has 0 saturated heterocycles. The molecule has 1 atom stereocenters. The molecule has 40 heavy (non-hydrogen) atoms. The van der Waals surface area contributed by atoms with Crippen molar-refractivity contribution in [2.45, 2.75) is 25.1 Å². The predicted molar refractivity (Wildman–Crippen MR) is 145 cm³/mol. The molecule has 5 rings (SSSR count). The zero-order valence-electron chi connectivity index (χ0n) is 21.6. The van der Waals surface area contributed by atoms with E-state index in [-0.39, 0.29) is 23.1 Å². The number of ether oxygens (including phenoxy) is 1. The first-order valence-electron chi connectivity index (χ1n) is 12.7. The largest absolute Gasteiger partial charge is 0.497 e. The standard InChI is InChI=1S/C30H26F3N5O2/c1-34-22-8-5-10-24(16-22)38-26(17-27(37-38)30(31,32)33)29(39)36-23-9-3-6-20(14-23)28(35-18-19-12-13-19)21-7-4-11-25(15-21)40-2/h3-11,14-17,19,28,35H,12-13,18H2,2H3,(H,36,39). The van der Waals surface area contributed by atoms with E-state index in [9.17, 15) is 18.0 Å². The van der Waals surface area contributed by atoms with Crippen LogP contribution in [0.2, 0.25) is 0 Å². The van der Waals surface area contributed by atoms with Gasteiger partial charge in [0.2, 0.25) is 0 Å². The fraction of sp³-hybridized carbons (Fsp3) is 0.233. The number of carbonyl (C=O) groups is 1. The molecule has 1 aromatic heterocycles. The average molecular weight is 546 g/mol. The summed E-state index contributed by atoms with van der Waals surface area (Å²) in [5.74, 6) is 0.578. The smallest absolute Gasteiger partial charge is 0.435 e. The summed E-state index contributed by atoms with van der Waals surface area (Å²) in [5, 5.41) is 9.98. The summed E-state index contributed by atoms with van der Waals surface area (Å²) in [5.41, 5.74) is 1.14. The van der Waals surface area contributed by atoms with Gasteiger partial charge >= 0.3 is 6.18 Å². The van der Waals surface area contributed by atoms with Crippen LogP contribution in [0.15, 0.2) is 78.9 Å². The van der Waals surface area contributed by atoms with Crippen LogP contribution < -0.4 is 15.4 Å². The van der Waals surface area contributed by atoms with Gasteiger partial charge in [-0.3, -0.25) is 4.79 Å². The molecular formula is C30H26F3N5O2. The Bertz CT molecular complexity index is 1570. The van der Waals surface area contributed by atoms with Crippen LogP contribution in [0.1, 0.15) is 46.2 Å². The van der Waals surface area contributed by atoms with Crippen LogP contribution in [0.25, 0.3) is 10.5 Å². The molecular weight excluding hydrogens is 519 g/mol. The maximum atomic E-state index is 13.6. The van der Waals surface area contributed by atoms with Crippen LogP contribution in [0.4, 0.5) is 24.5 Å². The van der Waals surface area contributed by atoms with Gasteiger partial charge in [-0.05, 0) is 72.8 Å². The maximum absolute atomic E-state index is 13.6. The van der Waals surface area contributed by atoms with Gasteiger partial charge in [0.15, 0.2) is 11.4 Å². The molecule has 7 nitrogen and oxygen atoms in total. The van der Waals surface area contributed by atoms with Gasteiger partial charge < -0.3 is 15.4 Å². The zero-order valence-corrected chi connectivity index (χ0v) is 21.6. The maximum Gasteiger partial charge on any atom is 0.435 e. The van der Waals surface area contributed by atoms with Crippen molar-refractivity contribution >= 4 is 17.3 Å². The van der Waals surface area contributed by atoms with E-state index < -0.39 is 17.8 Å². The summed E-state index contributed by atoms with van der Waals surface area (Å²) in [6.07, 6.45) is -2.39. The number of nitrogens with one attached hydrogen (secondary N) is 2. The normalized spacial score (nSPS) is 13.9. The van der Waals surface area contributed by atoms with Crippen molar-refractivity contribution in [3.05, 3.63) is 113 Å². The van der Waals surface area contributed by atoms with E-state index in [0.29, 0.717) is 17.7 Å². The van der Waals surface area contributed by atoms with Crippen molar-refractivity contribution < 1.29 is 22.7 Å². The molecule has 0 aliphatic heterocycles. The van der Waals surface area contributed by atoms with Crippen LogP contribution in [0, 0.1) is 12.5 Å². The minimum absolute atomic E-state index is 0.172. The SMILES string of the molecule is [C-]#[N+]c1cccc(-n2nc(C(F)(F)F)cc2C(=O)Nc2cccc(C(NCC3CC3)c3cccc(OC)c3)c2)c1. The molecule has 4 aromatic rings. The number of alkyl halides is 3. The molecule has 0 bridgehead atoms. The number of carbonyl (C=O) groups excluding carboxylic acids is 1. The van der Waals surface area contributed by atoms with Crippen LogP contribution in [0.5, 0.6) is 5.75 Å². The molecule has 1 fully saturated rings. The number of hydrogen-bond donors (Lipinski definition) is 2. The first kappa shape index (κ1) is 27.0. The molecule has 1 aliphatic rings. The molecule has 204 valence electrons. The third kappa shape index (κ3) is 6.16. The number of anilines is 1. The minimum Gasteiger partial charge on any atom is -0.497 e. The van der Waals surface area contributed by atoms with Crippen molar-refractivity contribution in [1.29, 1.82) is 0 Å². The second-order valence-electron chi connectivity index (χ2n) is 9.60. The van der Waals surface area contributed by atoms with Gasteiger partial charge in [0.1, 0.15) is 11.4 Å². The molecule has 2 N–H and O–H groups in total. The van der Waals surface area contributed by atoms with E-state index in [0.717, 1.165) is 28.1 Å². The van der Waals surface area contributed by atoms with Gasteiger partial charge in [-0.15, -0.1) is 0 Å². The van der Waals surface area contributed by atoms with Crippen molar-refractivity contribution in [2.24, 2.45) is 5.92 Å². The highest BCUT2D eigenvalue weighted by atomic mass is 19.4. The first-order valence-corrected chi connectivity index (χ1v) is 12.7. The van der Waals surface area contributed by atoms with E-state index in [4.69, 9.17) is 11.3 Å². The van der Waals surface area contributed by atoms with Gasteiger partial charge in [0.25, 0.3) is 5.91 Å². The van der Waals surface area contributed by atoms with Crippen LogP contribution in [-0.4, -0.2) is 29.3 Å². The Morgan fingerprint density at radius 3 is 2.50 bits per heavy atom. The van der Waals surface area contributed by atoms with E-state index in [1.54, 1.807) is 25.3 Å². The van der Waals surface area contributed by atoms with E-state index in [1.807, 2.05) is 30.3 Å². The Labute approximate surface area is 229 Å². The van der Waals surface area contributed by atoms with E-state index >= 15 is 0 Å². The predicted octanol–water partition coefficient (Wildman–Crippen LogP) is 6.79. The molecule has 3 aromatic carbocycles. The Morgan fingerprint density at radius 2 is 1.80 bits per heavy atom. The lowest BCUT2D eigenvalue weighted by Gasteiger charge is -2.21. The molecule has 1 aliphatic carbocycles. The summed E-state index contributed by atoms with van der Waals surface area (Å²) < 4.78 is 47.0. The summed E-state index contributed by atoms with van der Waals surface area (Å²) in [6.45, 7) is 8.05. The summed E-state index contributed by atoms with van der Waals surface area (Å²) >= 11 is 0. The van der Waals surface area contributed by atoms with Gasteiger partial charge in [0, 0.05) is 11.8 Å². The van der Waals surface area contributed by atoms with Gasteiger partial charge in [0.05, 0.1) is 25.4 Å². The highest BCUT2D eigenvalue weighted by Crippen LogP contribution is 2.33. The van der Waals surface area contributed by atoms with Crippen molar-refractivity contribution in [1.82, 2.24) is 15.1 Å². The Hall–Kier alpha value is -4.62. The Morgan fingerprint density at radius 1 is 1.07 bits per heavy atom. The Kier molecular flexibility index (Phi) is 7.58. The topological polar surface area (TPSA) is 72.5 Å². The minimum atomic E-state index is -4.76. The number of benzene rings is 3. The summed E-state index contributed by atoms with van der Waals surface area (Å²) in [4.78, 5) is 16.6. The van der Waals surface area contributed by atoms with Crippen LogP contribution >= 0.6 is 0 Å². The monoisotopic (exact) mass is 545 g/mol. The molecule has 1 unspecified atom stereocenters. The number of hydrogen-bond acceptors (Lipinski definition) is 4. The molecule has 0 spiro atoms. The molecule has 0 radical (unpaired) electrons. The van der Waals surface area contributed by atoms with Gasteiger partial charge in [-0.1, -0.05) is 36.4 Å². The van der Waals surface area contributed by atoms with Gasteiger partial charge in [-0.25, -0.2) is 9.53 Å². The summed E-state index contributed by atoms with van der Waals surface area (Å²) in [7, 11) is 1.61. The highest BCUT2D eigenvalue weighted by molar-refractivity contribution is 6.03. The number of nitrogens with zero attached hydrogens (tertiary/aromatic N) is 3. The number of halogens is 3. The second kappa shape index (κ2) is 11.2. The number of aromatic nitrogens is 2. The molecule has 10 heteroatoms. The average Bonchev–Trinajstić information content (AvgIpc) is 3.66. The van der Waals surface area contributed by atoms with E-state index in [2.05, 4.69) is 20.6 Å². The number of rotatable bonds is 9. The fourth-order valence-electron chi connectivity index (χ4n) is 4.42. The van der Waals surface area contributed by atoms with Crippen molar-refractivity contribution in [3.8, 4) is 11.4 Å². The number of methoxy groups -OCH3 is 1. The van der Waals surface area contributed by atoms with Crippen LogP contribution in [-0.2, 0) is 6.18 Å². The van der Waals surface area contributed by atoms with E-state index in [1.165, 1.54) is 37.1 Å². The first-order chi connectivity index (χ1) is 19.2. The molecule has 1 saturated carbocycles. The Balaban J connectivity index is 1.46. The zero-order chi connectivity index (χ0) is 28.3.